The van der Waals surface area contributed by atoms with E-state index in [1.165, 1.54) is 11.1 Å². The average molecular weight is 790 g/mol. The van der Waals surface area contributed by atoms with Crippen molar-refractivity contribution in [3.63, 3.8) is 0 Å². The van der Waals surface area contributed by atoms with Gasteiger partial charge in [-0.15, -0.1) is 0 Å². The van der Waals surface area contributed by atoms with Crippen molar-refractivity contribution in [3.8, 4) is 11.5 Å². The number of likely N-dealkylation sites (tertiary alicyclic amines) is 1. The molecule has 2 unspecified atom stereocenters. The number of ether oxygens (including phenoxy) is 2. The molecular formula is C46H58Cl2N2O5. The lowest BCUT2D eigenvalue weighted by Crippen LogP contribution is -2.42. The van der Waals surface area contributed by atoms with Crippen LogP contribution in [0.4, 0.5) is 0 Å². The van der Waals surface area contributed by atoms with Crippen LogP contribution in [0, 0.1) is 11.8 Å². The van der Waals surface area contributed by atoms with Crippen LogP contribution in [0.3, 0.4) is 0 Å². The SMILES string of the molecule is C.C.COc1ccc(C2CCN(C(C)=O)C[C@H]2CC(=O)Cc2ccc(Cl)cc2)cc1.COc1ccc(C2CCNC[C@H]2CC(=O)Cc2ccc(Cl)cc2)cc1. The number of hydrogen-bond donors (Lipinski definition) is 1. The fourth-order valence-electron chi connectivity index (χ4n) is 7.63. The molecule has 0 spiro atoms. The number of rotatable bonds is 12. The van der Waals surface area contributed by atoms with Gasteiger partial charge in [0.2, 0.25) is 5.91 Å². The highest BCUT2D eigenvalue weighted by molar-refractivity contribution is 6.30. The Morgan fingerprint density at radius 3 is 1.53 bits per heavy atom. The van der Waals surface area contributed by atoms with Crippen LogP contribution in [0.2, 0.25) is 10.0 Å². The van der Waals surface area contributed by atoms with Crippen LogP contribution < -0.4 is 14.8 Å². The first kappa shape index (κ1) is 45.2. The molecule has 0 bridgehead atoms. The fraction of sp³-hybridized carbons (Fsp3) is 0.413. The van der Waals surface area contributed by atoms with Gasteiger partial charge in [0, 0.05) is 55.7 Å². The maximum Gasteiger partial charge on any atom is 0.219 e. The number of piperidine rings is 2. The summed E-state index contributed by atoms with van der Waals surface area (Å²) in [7, 11) is 3.33. The van der Waals surface area contributed by atoms with E-state index in [9.17, 15) is 14.4 Å². The molecule has 7 nitrogen and oxygen atoms in total. The zero-order chi connectivity index (χ0) is 37.7. The number of nitrogens with one attached hydrogen (secondary N) is 1. The summed E-state index contributed by atoms with van der Waals surface area (Å²) >= 11 is 11.8. The van der Waals surface area contributed by atoms with Crippen LogP contribution in [-0.4, -0.2) is 62.8 Å². The summed E-state index contributed by atoms with van der Waals surface area (Å²) in [6, 6.07) is 31.3. The zero-order valence-corrected chi connectivity index (χ0v) is 32.4. The van der Waals surface area contributed by atoms with Crippen LogP contribution in [-0.2, 0) is 27.2 Å². The predicted molar refractivity (Wildman–Crippen MR) is 226 cm³/mol. The maximum absolute atomic E-state index is 12.8. The Morgan fingerprint density at radius 1 is 0.655 bits per heavy atom. The Kier molecular flexibility index (Phi) is 18.4. The normalized spacial score (nSPS) is 19.0. The van der Waals surface area contributed by atoms with Gasteiger partial charge in [0.05, 0.1) is 14.2 Å². The second kappa shape index (κ2) is 22.4. The smallest absolute Gasteiger partial charge is 0.219 e. The molecule has 2 heterocycles. The van der Waals surface area contributed by atoms with Crippen molar-refractivity contribution in [3.05, 3.63) is 129 Å². The molecule has 2 saturated heterocycles. The first-order valence-electron chi connectivity index (χ1n) is 18.4. The van der Waals surface area contributed by atoms with Crippen LogP contribution in [0.1, 0.15) is 81.5 Å². The Bertz CT molecular complexity index is 1780. The van der Waals surface area contributed by atoms with Gasteiger partial charge in [-0.25, -0.2) is 0 Å². The van der Waals surface area contributed by atoms with Crippen LogP contribution in [0.15, 0.2) is 97.1 Å². The predicted octanol–water partition coefficient (Wildman–Crippen LogP) is 10.0. The molecule has 1 amide bonds. The standard InChI is InChI=1S/C23H26ClNO3.C21H24ClNO2.2CH4/c1-16(26)25-12-11-23(18-5-9-22(28-2)10-6-18)19(15-25)14-21(27)13-17-3-7-20(24)8-4-17;1-25-20-8-4-16(5-9-20)21-10-11-23-14-17(21)13-19(24)12-15-2-6-18(22)7-3-15;;/h3-10,19,23H,11-15H2,1-2H3;2-9,17,21,23H,10-14H2,1H3;2*1H4/t19-,23?;17-,21?;;/m11../s1. The van der Waals surface area contributed by atoms with Gasteiger partial charge in [0.1, 0.15) is 23.1 Å². The molecular weight excluding hydrogens is 731 g/mol. The number of carbonyl (C=O) groups excluding carboxylic acids is 3. The zero-order valence-electron chi connectivity index (χ0n) is 30.9. The van der Waals surface area contributed by atoms with Gasteiger partial charge in [0.15, 0.2) is 0 Å². The van der Waals surface area contributed by atoms with Crippen molar-refractivity contribution in [1.29, 1.82) is 0 Å². The lowest BCUT2D eigenvalue weighted by Gasteiger charge is -2.38. The highest BCUT2D eigenvalue weighted by atomic mass is 35.5. The summed E-state index contributed by atoms with van der Waals surface area (Å²) < 4.78 is 10.5. The number of methoxy groups -OCH3 is 2. The van der Waals surface area contributed by atoms with E-state index in [0.29, 0.717) is 54.1 Å². The quantitative estimate of drug-likeness (QED) is 0.154. The maximum atomic E-state index is 12.8. The molecule has 296 valence electrons. The van der Waals surface area contributed by atoms with Gasteiger partial charge >= 0.3 is 0 Å². The summed E-state index contributed by atoms with van der Waals surface area (Å²) in [6.07, 6.45) is 3.86. The Labute approximate surface area is 338 Å². The summed E-state index contributed by atoms with van der Waals surface area (Å²) in [5, 5.41) is 4.81. The molecule has 4 aromatic carbocycles. The van der Waals surface area contributed by atoms with Crippen molar-refractivity contribution < 1.29 is 23.9 Å². The van der Waals surface area contributed by atoms with Gasteiger partial charge in [-0.3, -0.25) is 14.4 Å². The molecule has 4 aromatic rings. The lowest BCUT2D eigenvalue weighted by molar-refractivity contribution is -0.132. The molecule has 6 rings (SSSR count). The van der Waals surface area contributed by atoms with Gasteiger partial charge in [-0.2, -0.15) is 0 Å². The summed E-state index contributed by atoms with van der Waals surface area (Å²) in [5.41, 5.74) is 4.49. The van der Waals surface area contributed by atoms with E-state index in [4.69, 9.17) is 32.7 Å². The van der Waals surface area contributed by atoms with Gasteiger partial charge in [-0.05, 0) is 120 Å². The number of amides is 1. The van der Waals surface area contributed by atoms with E-state index < -0.39 is 0 Å². The molecule has 2 aliphatic rings. The second-order valence-electron chi connectivity index (χ2n) is 14.1. The molecule has 1 N–H and O–H groups in total. The minimum Gasteiger partial charge on any atom is -0.497 e. The summed E-state index contributed by atoms with van der Waals surface area (Å²) in [6.45, 7) is 4.84. The van der Waals surface area contributed by atoms with Crippen LogP contribution in [0.25, 0.3) is 0 Å². The number of hydrogen-bond acceptors (Lipinski definition) is 6. The highest BCUT2D eigenvalue weighted by Gasteiger charge is 2.33. The number of nitrogens with zero attached hydrogens (tertiary/aromatic N) is 1. The lowest BCUT2D eigenvalue weighted by atomic mass is 9.77. The molecule has 55 heavy (non-hydrogen) atoms. The number of halogens is 2. The number of Topliss-reactive ketones (excluding diaryl/α,β-unsaturated/α-hetero) is 2. The van der Waals surface area contributed by atoms with Crippen molar-refractivity contribution in [2.45, 2.75) is 72.1 Å². The van der Waals surface area contributed by atoms with Gasteiger partial charge < -0.3 is 19.7 Å². The minimum atomic E-state index is 0. The third-order valence-corrected chi connectivity index (χ3v) is 11.0. The molecule has 2 aliphatic heterocycles. The molecule has 9 heteroatoms. The van der Waals surface area contributed by atoms with E-state index in [0.717, 1.165) is 55.1 Å². The van der Waals surface area contributed by atoms with Crippen LogP contribution in [0.5, 0.6) is 11.5 Å². The van der Waals surface area contributed by atoms with Crippen molar-refractivity contribution in [2.24, 2.45) is 11.8 Å². The van der Waals surface area contributed by atoms with E-state index in [-0.39, 0.29) is 44.2 Å². The van der Waals surface area contributed by atoms with Gasteiger partial charge in [0.25, 0.3) is 0 Å². The van der Waals surface area contributed by atoms with E-state index in [2.05, 4.69) is 29.6 Å². The molecule has 0 radical (unpaired) electrons. The molecule has 0 aromatic heterocycles. The van der Waals surface area contributed by atoms with Crippen molar-refractivity contribution in [1.82, 2.24) is 10.2 Å². The third-order valence-electron chi connectivity index (χ3n) is 10.5. The second-order valence-corrected chi connectivity index (χ2v) is 15.0. The van der Waals surface area contributed by atoms with E-state index in [1.807, 2.05) is 77.7 Å². The Hall–Kier alpha value is -4.17. The fourth-order valence-corrected chi connectivity index (χ4v) is 7.88. The van der Waals surface area contributed by atoms with E-state index >= 15 is 0 Å². The van der Waals surface area contributed by atoms with Gasteiger partial charge in [-0.1, -0.05) is 86.6 Å². The minimum absolute atomic E-state index is 0. The monoisotopic (exact) mass is 788 g/mol. The number of benzene rings is 4. The topological polar surface area (TPSA) is 84.9 Å². The first-order chi connectivity index (χ1) is 25.6. The van der Waals surface area contributed by atoms with Crippen molar-refractivity contribution >= 4 is 40.7 Å². The van der Waals surface area contributed by atoms with E-state index in [1.54, 1.807) is 21.1 Å². The summed E-state index contributed by atoms with van der Waals surface area (Å²) in [4.78, 5) is 39.1. The molecule has 0 aliphatic carbocycles. The molecule has 4 atom stereocenters. The van der Waals surface area contributed by atoms with Crippen LogP contribution >= 0.6 is 23.2 Å². The Balaban J connectivity index is 0.000000287. The number of ketones is 2. The first-order valence-corrected chi connectivity index (χ1v) is 19.1. The summed E-state index contributed by atoms with van der Waals surface area (Å²) in [5.74, 6) is 3.37. The average Bonchev–Trinajstić information content (AvgIpc) is 3.17. The molecule has 0 saturated carbocycles. The largest absolute Gasteiger partial charge is 0.497 e. The Morgan fingerprint density at radius 2 is 1.09 bits per heavy atom. The molecule has 2 fully saturated rings. The number of carbonyl (C=O) groups is 3. The highest BCUT2D eigenvalue weighted by Crippen LogP contribution is 2.37. The third kappa shape index (κ3) is 13.5. The van der Waals surface area contributed by atoms with Crippen molar-refractivity contribution in [2.75, 3.05) is 40.4 Å².